The lowest BCUT2D eigenvalue weighted by molar-refractivity contribution is 0.0734. The zero-order valence-corrected chi connectivity index (χ0v) is 28.6. The maximum Gasteiger partial charge on any atom is 0.254 e. The first-order chi connectivity index (χ1) is 21.7. The maximum atomic E-state index is 13.0. The fourth-order valence-electron chi connectivity index (χ4n) is 6.12. The summed E-state index contributed by atoms with van der Waals surface area (Å²) in [5.74, 6) is 1.36. The zero-order valence-electron chi connectivity index (χ0n) is 26.0. The lowest BCUT2D eigenvalue weighted by Crippen LogP contribution is -2.42. The summed E-state index contributed by atoms with van der Waals surface area (Å²) in [6.07, 6.45) is 2.29. The maximum absolute atomic E-state index is 13.0. The molecular formula is C35H39BrN4O5S. The van der Waals surface area contributed by atoms with Gasteiger partial charge in [0, 0.05) is 54.9 Å². The number of carbonyl (C=O) groups is 2. The monoisotopic (exact) mass is 706 g/mol. The Kier molecular flexibility index (Phi) is 10.9. The van der Waals surface area contributed by atoms with E-state index in [2.05, 4.69) is 44.1 Å². The number of ether oxygens (including phenoxy) is 1. The van der Waals surface area contributed by atoms with Crippen molar-refractivity contribution in [2.24, 2.45) is 0 Å². The Hall–Kier alpha value is -3.64. The number of benzene rings is 3. The van der Waals surface area contributed by atoms with Gasteiger partial charge in [-0.3, -0.25) is 14.5 Å². The van der Waals surface area contributed by atoms with E-state index in [1.165, 1.54) is 17.5 Å². The number of rotatable bonds is 9. The second-order valence-electron chi connectivity index (χ2n) is 11.8. The van der Waals surface area contributed by atoms with Gasteiger partial charge in [-0.1, -0.05) is 28.1 Å². The highest BCUT2D eigenvalue weighted by molar-refractivity contribution is 9.10. The highest BCUT2D eigenvalue weighted by Gasteiger charge is 2.24. The van der Waals surface area contributed by atoms with Gasteiger partial charge in [-0.05, 0) is 97.0 Å². The molecule has 2 aliphatic heterocycles. The van der Waals surface area contributed by atoms with Crippen molar-refractivity contribution in [3.63, 3.8) is 0 Å². The number of aromatic nitrogens is 1. The molecule has 6 rings (SSSR count). The minimum Gasteiger partial charge on any atom is -0.485 e. The number of aryl methyl sites for hydroxylation is 1. The van der Waals surface area contributed by atoms with E-state index in [1.807, 2.05) is 54.3 Å². The van der Waals surface area contributed by atoms with Crippen LogP contribution in [0.2, 0.25) is 0 Å². The number of amides is 2. The number of carbonyl (C=O) groups excluding carboxylic acids is 2. The number of nitrogens with one attached hydrogen (secondary N) is 1. The molecule has 0 aliphatic carbocycles. The second kappa shape index (κ2) is 14.8. The van der Waals surface area contributed by atoms with E-state index in [9.17, 15) is 14.7 Å². The average molecular weight is 708 g/mol. The largest absolute Gasteiger partial charge is 0.485 e. The number of β-amino-alcohol motifs (C(OH)–C–C–N with tert-alkyl or cyclic N) is 1. The molecule has 0 saturated carbocycles. The summed E-state index contributed by atoms with van der Waals surface area (Å²) in [7, 11) is 0. The van der Waals surface area contributed by atoms with Crippen LogP contribution in [-0.2, 0) is 32.5 Å². The van der Waals surface area contributed by atoms with Gasteiger partial charge >= 0.3 is 0 Å². The number of hydrogen-bond donors (Lipinski definition) is 2. The van der Waals surface area contributed by atoms with Crippen LogP contribution in [0.5, 0.6) is 5.75 Å². The number of halogens is 1. The number of fused-ring (bicyclic) bond motifs is 2. The van der Waals surface area contributed by atoms with Crippen LogP contribution in [0.15, 0.2) is 69.9 Å². The van der Waals surface area contributed by atoms with Crippen LogP contribution in [0.25, 0.3) is 0 Å². The fraction of sp³-hybridized carbons (Fsp3) is 0.343. The van der Waals surface area contributed by atoms with Gasteiger partial charge in [-0.2, -0.15) is 13.5 Å². The number of nitrogens with zero attached hydrogens (tertiary/aromatic N) is 3. The van der Waals surface area contributed by atoms with E-state index >= 15 is 0 Å². The van der Waals surface area contributed by atoms with Gasteiger partial charge in [0.1, 0.15) is 12.4 Å². The van der Waals surface area contributed by atoms with Crippen molar-refractivity contribution in [3.05, 3.63) is 116 Å². The van der Waals surface area contributed by atoms with Crippen molar-refractivity contribution in [1.82, 2.24) is 20.1 Å². The number of aliphatic hydroxyl groups excluding tert-OH is 1. The van der Waals surface area contributed by atoms with Crippen molar-refractivity contribution in [1.29, 1.82) is 0 Å². The van der Waals surface area contributed by atoms with Gasteiger partial charge in [0.05, 0.1) is 11.8 Å². The van der Waals surface area contributed by atoms with Crippen LogP contribution in [0.1, 0.15) is 60.0 Å². The Morgan fingerprint density at radius 1 is 1.00 bits per heavy atom. The highest BCUT2D eigenvalue weighted by Crippen LogP contribution is 2.30. The molecule has 2 aliphatic rings. The van der Waals surface area contributed by atoms with E-state index in [0.717, 1.165) is 57.9 Å². The standard InChI is InChI=1S/C35H37BrN4O5.H2S/c1-22-31-12-13-39(17-28(31)7-10-32(22)44-20-33-23(2)38-21-45-33)19-30(41)16-37-34(42)26-3-4-27-18-40(14-11-25(27)15-26)35(43)24-5-8-29(36)9-6-24;/h3-10,15,21,30,41H,11-14,16-20H2,1-2H3,(H,37,42);1H2/t30-;/m0./s1. The van der Waals surface area contributed by atoms with Crippen LogP contribution >= 0.6 is 29.4 Å². The molecular weight excluding hydrogens is 668 g/mol. The van der Waals surface area contributed by atoms with E-state index < -0.39 is 6.10 Å². The molecule has 4 aromatic rings. The first-order valence-corrected chi connectivity index (χ1v) is 16.0. The first-order valence-electron chi connectivity index (χ1n) is 15.2. The molecule has 3 aromatic carbocycles. The molecule has 46 heavy (non-hydrogen) atoms. The Labute approximate surface area is 284 Å². The molecule has 0 bridgehead atoms. The van der Waals surface area contributed by atoms with Crippen molar-refractivity contribution < 1.29 is 23.8 Å². The van der Waals surface area contributed by atoms with Crippen LogP contribution in [0.4, 0.5) is 0 Å². The van der Waals surface area contributed by atoms with Crippen LogP contribution in [0.3, 0.4) is 0 Å². The molecule has 0 fully saturated rings. The third-order valence-electron chi connectivity index (χ3n) is 8.75. The summed E-state index contributed by atoms with van der Waals surface area (Å²) in [5, 5.41) is 13.7. The predicted molar refractivity (Wildman–Crippen MR) is 183 cm³/mol. The van der Waals surface area contributed by atoms with Gasteiger partial charge in [-0.25, -0.2) is 4.98 Å². The molecule has 0 radical (unpaired) electrons. The summed E-state index contributed by atoms with van der Waals surface area (Å²) < 4.78 is 12.4. The second-order valence-corrected chi connectivity index (χ2v) is 12.7. The molecule has 2 N–H and O–H groups in total. The van der Waals surface area contributed by atoms with Crippen LogP contribution in [-0.4, -0.2) is 64.0 Å². The van der Waals surface area contributed by atoms with Gasteiger partial charge in [-0.15, -0.1) is 0 Å². The molecule has 2 amide bonds. The zero-order chi connectivity index (χ0) is 31.5. The minimum absolute atomic E-state index is 0. The topological polar surface area (TPSA) is 108 Å². The summed E-state index contributed by atoms with van der Waals surface area (Å²) >= 11 is 3.41. The Bertz CT molecular complexity index is 1710. The van der Waals surface area contributed by atoms with Gasteiger partial charge in [0.15, 0.2) is 12.2 Å². The summed E-state index contributed by atoms with van der Waals surface area (Å²) in [5.41, 5.74) is 7.82. The number of oxazole rings is 1. The van der Waals surface area contributed by atoms with Gasteiger partial charge in [0.2, 0.25) is 0 Å². The molecule has 0 spiro atoms. The Morgan fingerprint density at radius 2 is 1.76 bits per heavy atom. The quantitative estimate of drug-likeness (QED) is 0.250. The van der Waals surface area contributed by atoms with Gasteiger partial charge in [0.25, 0.3) is 11.8 Å². The molecule has 1 aromatic heterocycles. The normalized spacial score (nSPS) is 14.9. The van der Waals surface area contributed by atoms with Crippen molar-refractivity contribution in [2.45, 2.75) is 52.5 Å². The third kappa shape index (κ3) is 7.66. The highest BCUT2D eigenvalue weighted by atomic mass is 79.9. The summed E-state index contributed by atoms with van der Waals surface area (Å²) in [4.78, 5) is 34.1. The van der Waals surface area contributed by atoms with E-state index in [0.29, 0.717) is 43.8 Å². The number of hydrogen-bond acceptors (Lipinski definition) is 7. The van der Waals surface area contributed by atoms with E-state index in [1.54, 1.807) is 6.07 Å². The lowest BCUT2D eigenvalue weighted by atomic mass is 9.94. The number of aliphatic hydroxyl groups is 1. The summed E-state index contributed by atoms with van der Waals surface area (Å²) in [6.45, 7) is 7.62. The Morgan fingerprint density at radius 3 is 2.52 bits per heavy atom. The smallest absolute Gasteiger partial charge is 0.254 e. The summed E-state index contributed by atoms with van der Waals surface area (Å²) in [6, 6.07) is 17.1. The van der Waals surface area contributed by atoms with E-state index in [-0.39, 0.29) is 31.9 Å². The SMILES string of the molecule is Cc1ncoc1COc1ccc2c(c1C)CCN(C[C@@H](O)CNC(=O)c1ccc3c(c1)CCN(C(=O)c1ccc(Br)cc1)C3)C2.S. The first kappa shape index (κ1) is 33.7. The molecule has 242 valence electrons. The average Bonchev–Trinajstić information content (AvgIpc) is 3.47. The molecule has 9 nitrogen and oxygen atoms in total. The Balaban J connectivity index is 0.00000417. The van der Waals surface area contributed by atoms with Crippen LogP contribution < -0.4 is 10.1 Å². The molecule has 0 saturated heterocycles. The minimum atomic E-state index is -0.694. The fourth-order valence-corrected chi connectivity index (χ4v) is 6.38. The van der Waals surface area contributed by atoms with E-state index in [4.69, 9.17) is 9.15 Å². The van der Waals surface area contributed by atoms with Gasteiger partial charge < -0.3 is 24.5 Å². The molecule has 11 heteroatoms. The molecule has 3 heterocycles. The third-order valence-corrected chi connectivity index (χ3v) is 9.28. The van der Waals surface area contributed by atoms with Crippen LogP contribution in [0, 0.1) is 13.8 Å². The molecule has 1 atom stereocenters. The lowest BCUT2D eigenvalue weighted by Gasteiger charge is -2.31. The molecule has 0 unspecified atom stereocenters. The predicted octanol–water partition coefficient (Wildman–Crippen LogP) is 5.09. The van der Waals surface area contributed by atoms with Crippen molar-refractivity contribution >= 4 is 41.2 Å². The van der Waals surface area contributed by atoms with Crippen molar-refractivity contribution in [3.8, 4) is 5.75 Å². The van der Waals surface area contributed by atoms with Crippen molar-refractivity contribution in [2.75, 3.05) is 26.2 Å².